The lowest BCUT2D eigenvalue weighted by Gasteiger charge is -2.44. The maximum Gasteiger partial charge on any atom is 0.223 e. The van der Waals surface area contributed by atoms with Gasteiger partial charge in [-0.05, 0) is 33.6 Å². The highest BCUT2D eigenvalue weighted by atomic mass is 16.5. The summed E-state index contributed by atoms with van der Waals surface area (Å²) in [6, 6.07) is 0. The molecule has 0 radical (unpaired) electrons. The topological polar surface area (TPSA) is 46.6 Å². The zero-order valence-electron chi connectivity index (χ0n) is 10.9. The first-order valence-corrected chi connectivity index (χ1v) is 6.33. The van der Waals surface area contributed by atoms with Gasteiger partial charge in [0.1, 0.15) is 5.78 Å². The van der Waals surface area contributed by atoms with Gasteiger partial charge in [-0.3, -0.25) is 9.59 Å². The monoisotopic (exact) mass is 239 g/mol. The van der Waals surface area contributed by atoms with Crippen LogP contribution in [-0.2, 0) is 14.3 Å². The molecule has 0 aromatic rings. The molecule has 1 aliphatic heterocycles. The van der Waals surface area contributed by atoms with Gasteiger partial charge in [0.15, 0.2) is 0 Å². The third kappa shape index (κ3) is 2.68. The van der Waals surface area contributed by atoms with Gasteiger partial charge in [0.05, 0.1) is 18.8 Å². The van der Waals surface area contributed by atoms with E-state index in [9.17, 15) is 9.59 Å². The van der Waals surface area contributed by atoms with Crippen molar-refractivity contribution in [3.8, 4) is 0 Å². The van der Waals surface area contributed by atoms with E-state index in [2.05, 4.69) is 0 Å². The number of carbonyl (C=O) groups excluding carboxylic acids is 2. The summed E-state index contributed by atoms with van der Waals surface area (Å²) in [6.07, 6.45) is 3.08. The van der Waals surface area contributed by atoms with Gasteiger partial charge >= 0.3 is 0 Å². The molecule has 2 rings (SSSR count). The van der Waals surface area contributed by atoms with Crippen molar-refractivity contribution in [3.05, 3.63) is 0 Å². The van der Waals surface area contributed by atoms with Crippen molar-refractivity contribution < 1.29 is 14.3 Å². The van der Waals surface area contributed by atoms with Crippen molar-refractivity contribution in [2.24, 2.45) is 5.41 Å². The van der Waals surface area contributed by atoms with Crippen molar-refractivity contribution in [1.82, 2.24) is 4.90 Å². The van der Waals surface area contributed by atoms with Crippen LogP contribution < -0.4 is 0 Å². The Morgan fingerprint density at radius 3 is 2.71 bits per heavy atom. The number of Topliss-reactive ketones (excluding diaryl/α,β-unsaturated/α-hetero) is 1. The number of carbonyl (C=O) groups is 2. The zero-order valence-corrected chi connectivity index (χ0v) is 10.9. The molecule has 1 spiro atoms. The maximum absolute atomic E-state index is 11.8. The van der Waals surface area contributed by atoms with Crippen LogP contribution in [0.3, 0.4) is 0 Å². The molecule has 1 saturated heterocycles. The van der Waals surface area contributed by atoms with Gasteiger partial charge in [-0.1, -0.05) is 0 Å². The predicted molar refractivity (Wildman–Crippen MR) is 63.6 cm³/mol. The normalized spacial score (nSPS) is 32.4. The van der Waals surface area contributed by atoms with Crippen LogP contribution in [0.4, 0.5) is 0 Å². The second-order valence-electron chi connectivity index (χ2n) is 5.84. The summed E-state index contributed by atoms with van der Waals surface area (Å²) in [7, 11) is 0. The van der Waals surface area contributed by atoms with Crippen molar-refractivity contribution in [2.45, 2.75) is 52.2 Å². The number of ether oxygens (including phenoxy) is 1. The van der Waals surface area contributed by atoms with E-state index in [1.807, 2.05) is 13.8 Å². The van der Waals surface area contributed by atoms with Gasteiger partial charge < -0.3 is 9.64 Å². The molecule has 1 aliphatic carbocycles. The molecular formula is C13H21NO3. The summed E-state index contributed by atoms with van der Waals surface area (Å²) in [5.41, 5.74) is 0.103. The van der Waals surface area contributed by atoms with Gasteiger partial charge in [-0.15, -0.1) is 0 Å². The van der Waals surface area contributed by atoms with Gasteiger partial charge in [0, 0.05) is 18.4 Å². The molecule has 2 aliphatic rings. The highest BCUT2D eigenvalue weighted by Crippen LogP contribution is 2.50. The minimum Gasteiger partial charge on any atom is -0.376 e. The average Bonchev–Trinajstić information content (AvgIpc) is 2.40. The molecule has 0 atom stereocenters. The van der Waals surface area contributed by atoms with E-state index >= 15 is 0 Å². The third-order valence-electron chi connectivity index (χ3n) is 3.60. The van der Waals surface area contributed by atoms with E-state index in [1.165, 1.54) is 6.92 Å². The lowest BCUT2D eigenvalue weighted by atomic mass is 9.66. The summed E-state index contributed by atoms with van der Waals surface area (Å²) in [5, 5.41) is 0. The Hall–Kier alpha value is -0.900. The van der Waals surface area contributed by atoms with Crippen molar-refractivity contribution in [3.63, 3.8) is 0 Å². The maximum atomic E-state index is 11.8. The first-order valence-electron chi connectivity index (χ1n) is 6.33. The summed E-state index contributed by atoms with van der Waals surface area (Å²) >= 11 is 0. The van der Waals surface area contributed by atoms with E-state index in [1.54, 1.807) is 4.90 Å². The molecule has 0 N–H and O–H groups in total. The standard InChI is InChI=1S/C13H21NO3/c1-9(2)17-11-4-13(5-11)6-12(16)14(8-13)7-10(3)15/h9,11H,4-8H2,1-3H3. The Morgan fingerprint density at radius 1 is 1.53 bits per heavy atom. The molecule has 0 bridgehead atoms. The van der Waals surface area contributed by atoms with E-state index < -0.39 is 0 Å². The van der Waals surface area contributed by atoms with Gasteiger partial charge in [-0.2, -0.15) is 0 Å². The van der Waals surface area contributed by atoms with Gasteiger partial charge in [0.25, 0.3) is 0 Å². The number of likely N-dealkylation sites (tertiary alicyclic amines) is 1. The molecule has 2 fully saturated rings. The van der Waals surface area contributed by atoms with Crippen LogP contribution in [0.5, 0.6) is 0 Å². The largest absolute Gasteiger partial charge is 0.376 e. The molecule has 1 heterocycles. The van der Waals surface area contributed by atoms with Crippen LogP contribution in [0.25, 0.3) is 0 Å². The summed E-state index contributed by atoms with van der Waals surface area (Å²) < 4.78 is 5.73. The van der Waals surface area contributed by atoms with E-state index in [4.69, 9.17) is 4.74 Å². The molecule has 1 amide bonds. The average molecular weight is 239 g/mol. The minimum absolute atomic E-state index is 0.0599. The summed E-state index contributed by atoms with van der Waals surface area (Å²) in [4.78, 5) is 24.5. The van der Waals surface area contributed by atoms with Crippen LogP contribution in [0.2, 0.25) is 0 Å². The van der Waals surface area contributed by atoms with Gasteiger partial charge in [-0.25, -0.2) is 0 Å². The zero-order chi connectivity index (χ0) is 12.6. The van der Waals surface area contributed by atoms with E-state index in [0.717, 1.165) is 19.4 Å². The highest BCUT2D eigenvalue weighted by molar-refractivity contribution is 5.86. The number of hydrogen-bond acceptors (Lipinski definition) is 3. The fraction of sp³-hybridized carbons (Fsp3) is 0.846. The predicted octanol–water partition coefficient (Wildman–Crippen LogP) is 1.38. The Kier molecular flexibility index (Phi) is 3.25. The van der Waals surface area contributed by atoms with Crippen LogP contribution in [-0.4, -0.2) is 41.9 Å². The molecule has 0 unspecified atom stereocenters. The highest BCUT2D eigenvalue weighted by Gasteiger charge is 2.52. The summed E-state index contributed by atoms with van der Waals surface area (Å²) in [5.74, 6) is 0.188. The number of amides is 1. The molecule has 17 heavy (non-hydrogen) atoms. The molecule has 1 saturated carbocycles. The first kappa shape index (κ1) is 12.6. The third-order valence-corrected chi connectivity index (χ3v) is 3.60. The molecule has 0 aromatic carbocycles. The smallest absolute Gasteiger partial charge is 0.223 e. The fourth-order valence-corrected chi connectivity index (χ4v) is 3.06. The van der Waals surface area contributed by atoms with Crippen LogP contribution in [0.1, 0.15) is 40.0 Å². The number of ketones is 1. The van der Waals surface area contributed by atoms with Crippen LogP contribution in [0, 0.1) is 5.41 Å². The number of rotatable bonds is 4. The molecular weight excluding hydrogens is 218 g/mol. The van der Waals surface area contributed by atoms with Crippen LogP contribution >= 0.6 is 0 Å². The molecule has 4 heteroatoms. The van der Waals surface area contributed by atoms with Crippen molar-refractivity contribution >= 4 is 11.7 Å². The van der Waals surface area contributed by atoms with E-state index in [0.29, 0.717) is 12.5 Å². The molecule has 96 valence electrons. The Bertz CT molecular complexity index is 332. The molecule has 0 aromatic heterocycles. The number of hydrogen-bond donors (Lipinski definition) is 0. The second kappa shape index (κ2) is 4.41. The molecule has 4 nitrogen and oxygen atoms in total. The Balaban J connectivity index is 1.86. The first-order chi connectivity index (χ1) is 7.90. The quantitative estimate of drug-likeness (QED) is 0.744. The number of nitrogens with zero attached hydrogens (tertiary/aromatic N) is 1. The SMILES string of the molecule is CC(=O)CN1CC2(CC1=O)CC(OC(C)C)C2. The fourth-order valence-electron chi connectivity index (χ4n) is 3.06. The summed E-state index contributed by atoms with van der Waals surface area (Å²) in [6.45, 7) is 6.61. The van der Waals surface area contributed by atoms with Crippen molar-refractivity contribution in [1.29, 1.82) is 0 Å². The Morgan fingerprint density at radius 2 is 2.18 bits per heavy atom. The Labute approximate surface area is 102 Å². The second-order valence-corrected chi connectivity index (χ2v) is 5.84. The lowest BCUT2D eigenvalue weighted by molar-refractivity contribution is -0.131. The minimum atomic E-state index is 0.0599. The van der Waals surface area contributed by atoms with Gasteiger partial charge in [0.2, 0.25) is 5.91 Å². The van der Waals surface area contributed by atoms with Crippen molar-refractivity contribution in [2.75, 3.05) is 13.1 Å². The van der Waals surface area contributed by atoms with E-state index in [-0.39, 0.29) is 29.8 Å². The van der Waals surface area contributed by atoms with Crippen LogP contribution in [0.15, 0.2) is 0 Å². The lowest BCUT2D eigenvalue weighted by Crippen LogP contribution is -2.45.